The van der Waals surface area contributed by atoms with E-state index in [1.165, 1.54) is 54.2 Å². The fourth-order valence-corrected chi connectivity index (χ4v) is 16.3. The second kappa shape index (κ2) is 60.0. The average Bonchev–Trinajstić information content (AvgIpc) is 1.71. The Hall–Kier alpha value is -12.1. The third kappa shape index (κ3) is 40.7. The molecular weight excluding hydrogens is 1820 g/mol. The van der Waals surface area contributed by atoms with Gasteiger partial charge in [0, 0.05) is 32.7 Å². The maximum Gasteiger partial charge on any atom is 0.245 e. The van der Waals surface area contributed by atoms with E-state index in [-0.39, 0.29) is 133 Å². The first kappa shape index (κ1) is 119. The molecule has 0 aliphatic carbocycles. The van der Waals surface area contributed by atoms with Gasteiger partial charge in [-0.1, -0.05) is 55.4 Å². The summed E-state index contributed by atoms with van der Waals surface area (Å²) in [4.78, 5) is 295. The predicted molar refractivity (Wildman–Crippen MR) is 506 cm³/mol. The second-order valence-electron chi connectivity index (χ2n) is 37.7. The monoisotopic (exact) mass is 1970 g/mol. The molecule has 18 atom stereocenters. The molecule has 0 unspecified atom stereocenters. The van der Waals surface area contributed by atoms with E-state index in [4.69, 9.17) is 34.4 Å². The summed E-state index contributed by atoms with van der Waals surface area (Å²) in [7, 11) is 0. The number of carbonyl (C=O) groups is 21. The molecule has 0 aromatic carbocycles. The lowest BCUT2D eigenvalue weighted by Gasteiger charge is -2.31. The number of unbranched alkanes of at least 4 members (excludes halogenated alkanes) is 2. The summed E-state index contributed by atoms with van der Waals surface area (Å²) in [5.41, 5.74) is 33.4. The number of amides is 21. The molecule has 139 heavy (non-hydrogen) atoms. The molecule has 30 N–H and O–H groups in total. The lowest BCUT2D eigenvalue weighted by atomic mass is 9.99. The number of likely N-dealkylation sites (tertiary alicyclic amines) is 4. The van der Waals surface area contributed by atoms with Crippen LogP contribution in [-0.4, -0.2) is 347 Å². The van der Waals surface area contributed by atoms with Gasteiger partial charge in [-0.2, -0.15) is 0 Å². The summed E-state index contributed by atoms with van der Waals surface area (Å²) >= 11 is 0. The van der Waals surface area contributed by atoms with Gasteiger partial charge in [0.1, 0.15) is 96.7 Å². The Morgan fingerprint density at radius 3 is 1.14 bits per heavy atom. The zero-order chi connectivity index (χ0) is 104. The summed E-state index contributed by atoms with van der Waals surface area (Å²) in [6.07, 6.45) is 2.17. The van der Waals surface area contributed by atoms with Crippen molar-refractivity contribution in [2.45, 2.75) is 327 Å². The van der Waals surface area contributed by atoms with Crippen LogP contribution in [0.15, 0.2) is 4.99 Å². The van der Waals surface area contributed by atoms with Gasteiger partial charge in [-0.25, -0.2) is 0 Å². The number of guanidine groups is 1. The van der Waals surface area contributed by atoms with Crippen molar-refractivity contribution in [2.75, 3.05) is 78.5 Å². The molecule has 0 bridgehead atoms. The van der Waals surface area contributed by atoms with Crippen molar-refractivity contribution >= 4 is 130 Å². The van der Waals surface area contributed by atoms with Gasteiger partial charge in [0.15, 0.2) is 5.96 Å². The van der Waals surface area contributed by atoms with Crippen LogP contribution in [0, 0.1) is 23.7 Å². The minimum absolute atomic E-state index is 0.00923. The first-order valence-electron chi connectivity index (χ1n) is 48.2. The van der Waals surface area contributed by atoms with E-state index in [1.807, 2.05) is 0 Å². The van der Waals surface area contributed by atoms with E-state index < -0.39 is 266 Å². The van der Waals surface area contributed by atoms with E-state index in [0.717, 1.165) is 0 Å². The molecule has 0 spiro atoms. The number of nitrogens with one attached hydrogen (secondary N) is 16. The van der Waals surface area contributed by atoms with E-state index in [1.54, 1.807) is 55.4 Å². The number of nitrogens with two attached hydrogens (primary N) is 6. The number of aliphatic hydroxyl groups excluding tert-OH is 2. The van der Waals surface area contributed by atoms with Gasteiger partial charge in [-0.05, 0) is 200 Å². The Morgan fingerprint density at radius 1 is 0.324 bits per heavy atom. The number of carbonyl (C=O) groups excluding carboxylic acids is 21. The molecule has 50 nitrogen and oxygen atoms in total. The molecule has 4 aliphatic rings. The Kier molecular flexibility index (Phi) is 51.5. The van der Waals surface area contributed by atoms with Gasteiger partial charge in [0.25, 0.3) is 0 Å². The number of hydrogen-bond donors (Lipinski definition) is 24. The summed E-state index contributed by atoms with van der Waals surface area (Å²) < 4.78 is 0. The van der Waals surface area contributed by atoms with Crippen LogP contribution in [0.2, 0.25) is 0 Å². The van der Waals surface area contributed by atoms with Crippen LogP contribution in [0.4, 0.5) is 0 Å². The van der Waals surface area contributed by atoms with Crippen molar-refractivity contribution in [1.29, 1.82) is 0 Å². The molecule has 784 valence electrons. The molecule has 0 radical (unpaired) electrons. The van der Waals surface area contributed by atoms with Crippen molar-refractivity contribution in [2.24, 2.45) is 63.1 Å². The Labute approximate surface area is 811 Å². The number of aliphatic imine (C=N–C) groups is 1. The van der Waals surface area contributed by atoms with Crippen LogP contribution in [0.5, 0.6) is 0 Å². The quantitative estimate of drug-likeness (QED) is 0.0153. The lowest BCUT2D eigenvalue weighted by molar-refractivity contribution is -0.143. The van der Waals surface area contributed by atoms with Crippen molar-refractivity contribution in [1.82, 2.24) is 105 Å². The van der Waals surface area contributed by atoms with Gasteiger partial charge in [0.2, 0.25) is 124 Å². The number of nitrogens with zero attached hydrogens (tertiary/aromatic N) is 5. The largest absolute Gasteiger partial charge is 0.391 e. The minimum atomic E-state index is -1.66. The molecule has 4 fully saturated rings. The number of aliphatic hydroxyl groups is 2. The molecule has 4 rings (SSSR count). The fourth-order valence-electron chi connectivity index (χ4n) is 16.3. The highest BCUT2D eigenvalue weighted by Crippen LogP contribution is 2.25. The van der Waals surface area contributed by atoms with Crippen LogP contribution in [-0.2, 0) is 101 Å². The summed E-state index contributed by atoms with van der Waals surface area (Å²) in [5.74, 6) is -17.1. The van der Waals surface area contributed by atoms with Gasteiger partial charge >= 0.3 is 0 Å². The normalized spacial score (nSPS) is 18.7. The van der Waals surface area contributed by atoms with E-state index in [0.29, 0.717) is 70.9 Å². The maximum absolute atomic E-state index is 14.6. The first-order valence-corrected chi connectivity index (χ1v) is 48.2. The molecule has 21 amide bonds. The highest BCUT2D eigenvalue weighted by atomic mass is 16.3. The van der Waals surface area contributed by atoms with Gasteiger partial charge in [-0.3, -0.25) is 106 Å². The third-order valence-electron chi connectivity index (χ3n) is 23.8. The zero-order valence-corrected chi connectivity index (χ0v) is 82.5. The van der Waals surface area contributed by atoms with Gasteiger partial charge in [-0.15, -0.1) is 0 Å². The van der Waals surface area contributed by atoms with Crippen LogP contribution in [0.1, 0.15) is 218 Å². The molecule has 50 heteroatoms. The molecular formula is C89H155N27O23. The van der Waals surface area contributed by atoms with E-state index in [9.17, 15) is 111 Å². The Bertz CT molecular complexity index is 4250. The predicted octanol–water partition coefficient (Wildman–Crippen LogP) is -9.01. The van der Waals surface area contributed by atoms with E-state index in [2.05, 4.69) is 90.1 Å². The molecule has 4 aliphatic heterocycles. The standard InChI is InChI=1S/C89H155N27O23/c1-46(2)37-58(109-80(131)60(39-48(5)6)111-86(137)72(54(13)118)112-84(135)65-29-22-35-115(65)87(138)57(24-15-17-31-91)108-85(136)71(92)53(12)117)77(128)98-42-68(121)106-61(40-49(7)8)88(139)116-36-21-28-64(116)83(134)110-59(38-47(3)4)78(129)97-41-66(119)102-50(9)74(125)100-45-70(123)114-34-20-27-63(114)82(133)104-52(11)76(127)103-51(10)75(126)101-44-69(122)113-33-19-26-62(113)81(132)99-43-67(120)105-56(23-14-16-30-90)79(130)107-55(73(93)124)25-18-32-96-89(94)95/h46-65,71-72,117-118H,14-45,90-92H2,1-13H3,(H2,93,124)(H,97,129)(H,98,128)(H,99,132)(H,100,125)(H,101,126)(H,102,119)(H,103,127)(H,104,133)(H,105,120)(H,106,121)(H,107,130)(H,108,136)(H,109,131)(H,110,134)(H,111,137)(H,112,135)(H4,94,95,96)/t50-,51-,52-,53+,54+,55-,56-,57-,58-,59-,60-,61-,62-,63-,64-,65-,71-,72-/m0/s1. The summed E-state index contributed by atoms with van der Waals surface area (Å²) in [6.45, 7) is 18.8. The van der Waals surface area contributed by atoms with Crippen LogP contribution >= 0.6 is 0 Å². The maximum atomic E-state index is 14.6. The number of hydrogen-bond acceptors (Lipinski definition) is 27. The molecule has 4 saturated heterocycles. The highest BCUT2D eigenvalue weighted by molar-refractivity contribution is 6.02. The Morgan fingerprint density at radius 2 is 0.676 bits per heavy atom. The number of primary amides is 1. The fraction of sp³-hybridized carbons (Fsp3) is 0.753. The van der Waals surface area contributed by atoms with Crippen LogP contribution in [0.3, 0.4) is 0 Å². The summed E-state index contributed by atoms with van der Waals surface area (Å²) in [6, 6.07) is -19.7. The van der Waals surface area contributed by atoms with Crippen molar-refractivity contribution in [3.63, 3.8) is 0 Å². The SMILES string of the molecule is CC(C)C[C@H](NC(=O)[C@H](CC(C)C)NC(=O)[C@@H](NC(=O)[C@@H]1CCCN1C(=O)[C@H](CCCCN)NC(=O)[C@@H](N)[C@@H](C)O)[C@@H](C)O)C(=O)NCC(=O)N[C@@H](CC(C)C)C(=O)N1CCC[C@H]1C(=O)N[C@@H](CC(C)C)C(=O)NCC(=O)N[C@@H](C)C(=O)NCC(=O)N1CCC[C@H]1C(=O)N[C@@H](C)C(=O)N[C@@H](C)C(=O)NCC(=O)N1CCC[C@H]1C(=O)NCC(=O)N[C@@H](CCCCN)C(=O)N[C@@H](CCCN=C(N)N)C(N)=O. The zero-order valence-electron chi connectivity index (χ0n) is 82.5. The first-order chi connectivity index (χ1) is 65.4. The highest BCUT2D eigenvalue weighted by Gasteiger charge is 2.45. The van der Waals surface area contributed by atoms with Gasteiger partial charge < -0.3 is 149 Å². The molecule has 0 aromatic heterocycles. The van der Waals surface area contributed by atoms with Crippen molar-refractivity contribution in [3.8, 4) is 0 Å². The molecule has 4 heterocycles. The number of rotatable bonds is 59. The molecule has 0 aromatic rings. The lowest BCUT2D eigenvalue weighted by Crippen LogP contribution is -2.61. The Balaban J connectivity index is 1.26. The van der Waals surface area contributed by atoms with Crippen LogP contribution in [0.25, 0.3) is 0 Å². The minimum Gasteiger partial charge on any atom is -0.391 e. The van der Waals surface area contributed by atoms with Crippen LogP contribution < -0.4 is 119 Å². The van der Waals surface area contributed by atoms with E-state index >= 15 is 0 Å². The third-order valence-corrected chi connectivity index (χ3v) is 23.8. The van der Waals surface area contributed by atoms with Gasteiger partial charge in [0.05, 0.1) is 44.9 Å². The van der Waals surface area contributed by atoms with Crippen molar-refractivity contribution in [3.05, 3.63) is 0 Å². The molecule has 0 saturated carbocycles. The summed E-state index contributed by atoms with van der Waals surface area (Å²) in [5, 5.41) is 61.6. The average molecular weight is 1970 g/mol. The topological polar surface area (TPSA) is 773 Å². The second-order valence-corrected chi connectivity index (χ2v) is 37.7. The van der Waals surface area contributed by atoms with Crippen molar-refractivity contribution < 1.29 is 111 Å². The smallest absolute Gasteiger partial charge is 0.245 e.